The summed E-state index contributed by atoms with van der Waals surface area (Å²) in [6.45, 7) is 6.37. The van der Waals surface area contributed by atoms with Gasteiger partial charge in [0.25, 0.3) is 0 Å². The average molecular weight is 286 g/mol. The van der Waals surface area contributed by atoms with Crippen LogP contribution >= 0.6 is 21.6 Å². The van der Waals surface area contributed by atoms with Gasteiger partial charge in [-0.05, 0) is 39.5 Å². The molecule has 1 aromatic heterocycles. The van der Waals surface area contributed by atoms with Crippen LogP contribution in [0.4, 0.5) is 5.69 Å². The minimum atomic E-state index is 0.0929. The van der Waals surface area contributed by atoms with E-state index in [0.29, 0.717) is 6.42 Å². The van der Waals surface area contributed by atoms with Crippen LogP contribution in [0.15, 0.2) is 12.3 Å². The largest absolute Gasteiger partial charge is 0.353 e. The van der Waals surface area contributed by atoms with Crippen molar-refractivity contribution < 1.29 is 4.79 Å². The van der Waals surface area contributed by atoms with Crippen LogP contribution in [0.2, 0.25) is 0 Å². The van der Waals surface area contributed by atoms with Gasteiger partial charge >= 0.3 is 0 Å². The first kappa shape index (κ1) is 15.5. The first-order valence-corrected chi connectivity index (χ1v) is 8.54. The van der Waals surface area contributed by atoms with Crippen molar-refractivity contribution in [2.45, 2.75) is 38.4 Å². The third kappa shape index (κ3) is 4.98. The molecule has 0 saturated carbocycles. The molecule has 102 valence electrons. The van der Waals surface area contributed by atoms with Gasteiger partial charge in [-0.3, -0.25) is 4.79 Å². The van der Waals surface area contributed by atoms with Gasteiger partial charge in [0.2, 0.25) is 5.91 Å². The maximum atomic E-state index is 11.8. The van der Waals surface area contributed by atoms with Crippen LogP contribution in [0.3, 0.4) is 0 Å². The quantitative estimate of drug-likeness (QED) is 0.807. The molecular weight excluding hydrogens is 264 g/mol. The highest BCUT2D eigenvalue weighted by Gasteiger charge is 2.19. The molecule has 1 rings (SSSR count). The molecule has 0 saturated heterocycles. The van der Waals surface area contributed by atoms with Gasteiger partial charge in [-0.2, -0.15) is 0 Å². The van der Waals surface area contributed by atoms with Gasteiger partial charge in [0.1, 0.15) is 0 Å². The van der Waals surface area contributed by atoms with Crippen molar-refractivity contribution in [1.29, 1.82) is 0 Å². The molecule has 0 aromatic carbocycles. The van der Waals surface area contributed by atoms with E-state index in [4.69, 9.17) is 0 Å². The number of hydrogen-bond donors (Lipinski definition) is 1. The molecule has 1 heterocycles. The van der Waals surface area contributed by atoms with Crippen molar-refractivity contribution >= 4 is 33.2 Å². The lowest BCUT2D eigenvalue weighted by atomic mass is 10.1. The smallest absolute Gasteiger partial charge is 0.224 e. The molecule has 0 radical (unpaired) electrons. The molecule has 18 heavy (non-hydrogen) atoms. The minimum Gasteiger partial charge on any atom is -0.353 e. The van der Waals surface area contributed by atoms with Gasteiger partial charge in [-0.1, -0.05) is 21.6 Å². The van der Waals surface area contributed by atoms with Gasteiger partial charge in [-0.25, -0.2) is 0 Å². The van der Waals surface area contributed by atoms with Gasteiger partial charge in [0.15, 0.2) is 0 Å². The summed E-state index contributed by atoms with van der Waals surface area (Å²) in [5.74, 6) is 0.0929. The number of amides is 1. The maximum absolute atomic E-state index is 11.8. The molecular formula is C13H22N2OS2. The molecule has 0 atom stereocenters. The number of nitrogens with one attached hydrogen (secondary N) is 1. The van der Waals surface area contributed by atoms with Crippen LogP contribution in [0, 0.1) is 6.92 Å². The van der Waals surface area contributed by atoms with E-state index >= 15 is 0 Å². The van der Waals surface area contributed by atoms with Crippen LogP contribution in [0.5, 0.6) is 0 Å². The third-order valence-corrected chi connectivity index (χ3v) is 5.48. The van der Waals surface area contributed by atoms with E-state index in [1.807, 2.05) is 41.6 Å². The Bertz CT molecular complexity index is 394. The van der Waals surface area contributed by atoms with Crippen LogP contribution in [0.25, 0.3) is 0 Å². The van der Waals surface area contributed by atoms with E-state index in [9.17, 15) is 4.79 Å². The minimum absolute atomic E-state index is 0.0929. The first-order valence-electron chi connectivity index (χ1n) is 5.99. The summed E-state index contributed by atoms with van der Waals surface area (Å²) in [4.78, 5) is 11.8. The Morgan fingerprint density at radius 3 is 2.67 bits per heavy atom. The van der Waals surface area contributed by atoms with E-state index in [0.717, 1.165) is 17.8 Å². The SMILES string of the molecule is CSSC(C)(C)CCC(=O)Nc1cc(C)n(C)c1. The molecule has 1 N–H and O–H groups in total. The highest BCUT2D eigenvalue weighted by Crippen LogP contribution is 2.37. The summed E-state index contributed by atoms with van der Waals surface area (Å²) in [5.41, 5.74) is 2.03. The molecule has 5 heteroatoms. The van der Waals surface area contributed by atoms with Crippen LogP contribution in [0.1, 0.15) is 32.4 Å². The lowest BCUT2D eigenvalue weighted by Gasteiger charge is -2.21. The van der Waals surface area contributed by atoms with Crippen molar-refractivity contribution in [2.24, 2.45) is 7.05 Å². The summed E-state index contributed by atoms with van der Waals surface area (Å²) < 4.78 is 2.15. The van der Waals surface area contributed by atoms with E-state index in [1.54, 1.807) is 10.8 Å². The lowest BCUT2D eigenvalue weighted by molar-refractivity contribution is -0.116. The van der Waals surface area contributed by atoms with Gasteiger partial charge in [-0.15, -0.1) is 0 Å². The van der Waals surface area contributed by atoms with E-state index in [1.165, 1.54) is 0 Å². The zero-order chi connectivity index (χ0) is 13.8. The first-order chi connectivity index (χ1) is 8.34. The zero-order valence-electron chi connectivity index (χ0n) is 11.7. The Kier molecular flexibility index (Phi) is 5.66. The number of nitrogens with zero attached hydrogens (tertiary/aromatic N) is 1. The number of carbonyl (C=O) groups is 1. The second-order valence-corrected chi connectivity index (χ2v) is 8.14. The average Bonchev–Trinajstić information content (AvgIpc) is 2.55. The van der Waals surface area contributed by atoms with Gasteiger partial charge < -0.3 is 9.88 Å². The predicted molar refractivity (Wildman–Crippen MR) is 83.2 cm³/mol. The Morgan fingerprint density at radius 2 is 2.17 bits per heavy atom. The van der Waals surface area contributed by atoms with Gasteiger partial charge in [0.05, 0.1) is 5.69 Å². The zero-order valence-corrected chi connectivity index (χ0v) is 13.4. The van der Waals surface area contributed by atoms with E-state index in [2.05, 4.69) is 25.4 Å². The fraction of sp³-hybridized carbons (Fsp3) is 0.615. The molecule has 0 fully saturated rings. The van der Waals surface area contributed by atoms with Crippen molar-refractivity contribution in [2.75, 3.05) is 11.6 Å². The fourth-order valence-corrected chi connectivity index (χ4v) is 3.89. The third-order valence-electron chi connectivity index (χ3n) is 2.80. The Hall–Kier alpha value is -0.550. The Balaban J connectivity index is 2.43. The second-order valence-electron chi connectivity index (χ2n) is 5.04. The fourth-order valence-electron chi connectivity index (χ4n) is 1.65. The van der Waals surface area contributed by atoms with Crippen molar-refractivity contribution in [3.8, 4) is 0 Å². The van der Waals surface area contributed by atoms with Crippen LogP contribution in [-0.4, -0.2) is 21.5 Å². The van der Waals surface area contributed by atoms with Crippen molar-refractivity contribution in [3.63, 3.8) is 0 Å². The number of rotatable bonds is 6. The molecule has 1 amide bonds. The number of carbonyl (C=O) groups excluding carboxylic acids is 1. The molecule has 1 aromatic rings. The molecule has 3 nitrogen and oxygen atoms in total. The summed E-state index contributed by atoms with van der Waals surface area (Å²) in [5, 5.41) is 2.94. The summed E-state index contributed by atoms with van der Waals surface area (Å²) in [6, 6.07) is 1.99. The molecule has 0 bridgehead atoms. The normalized spacial score (nSPS) is 11.6. The predicted octanol–water partition coefficient (Wildman–Crippen LogP) is 3.84. The van der Waals surface area contributed by atoms with E-state index < -0.39 is 0 Å². The maximum Gasteiger partial charge on any atom is 0.224 e. The Morgan fingerprint density at radius 1 is 1.50 bits per heavy atom. The number of aromatic nitrogens is 1. The number of aryl methyl sites for hydroxylation is 2. The summed E-state index contributed by atoms with van der Waals surface area (Å²) >= 11 is 0. The number of anilines is 1. The lowest BCUT2D eigenvalue weighted by Crippen LogP contribution is -2.19. The summed E-state index contributed by atoms with van der Waals surface area (Å²) in [7, 11) is 5.55. The topological polar surface area (TPSA) is 34.0 Å². The molecule has 0 spiro atoms. The molecule has 0 aliphatic heterocycles. The molecule has 0 aliphatic rings. The van der Waals surface area contributed by atoms with Crippen LogP contribution in [-0.2, 0) is 11.8 Å². The summed E-state index contributed by atoms with van der Waals surface area (Å²) in [6.07, 6.45) is 5.46. The van der Waals surface area contributed by atoms with Crippen molar-refractivity contribution in [1.82, 2.24) is 4.57 Å². The molecule has 0 unspecified atom stereocenters. The number of hydrogen-bond acceptors (Lipinski definition) is 3. The second kappa shape index (κ2) is 6.57. The highest BCUT2D eigenvalue weighted by atomic mass is 33.1. The van der Waals surface area contributed by atoms with E-state index in [-0.39, 0.29) is 10.7 Å². The van der Waals surface area contributed by atoms with Crippen molar-refractivity contribution in [3.05, 3.63) is 18.0 Å². The Labute approximate surface area is 117 Å². The highest BCUT2D eigenvalue weighted by molar-refractivity contribution is 8.76. The standard InChI is InChI=1S/C13H22N2OS2/c1-10-8-11(9-15(10)4)14-12(16)6-7-13(2,3)18-17-5/h8-9H,6-7H2,1-5H3,(H,14,16). The molecule has 0 aliphatic carbocycles. The van der Waals surface area contributed by atoms with Crippen LogP contribution < -0.4 is 5.32 Å². The monoisotopic (exact) mass is 286 g/mol. The van der Waals surface area contributed by atoms with Gasteiger partial charge in [0, 0.05) is 30.1 Å².